The van der Waals surface area contributed by atoms with Crippen LogP contribution in [0, 0.1) is 0 Å². The Kier molecular flexibility index (Phi) is 4.09. The van der Waals surface area contributed by atoms with Crippen molar-refractivity contribution in [1.29, 1.82) is 0 Å². The SMILES string of the molecule is C[n+]1ccccc1C1COC(Cc2ccccc2)OC1. The van der Waals surface area contributed by atoms with E-state index in [-0.39, 0.29) is 6.29 Å². The quantitative estimate of drug-likeness (QED) is 0.798. The number of hydrogen-bond acceptors (Lipinski definition) is 2. The van der Waals surface area contributed by atoms with Gasteiger partial charge in [0.05, 0.1) is 19.1 Å². The van der Waals surface area contributed by atoms with E-state index in [1.807, 2.05) is 24.3 Å². The first-order chi connectivity index (χ1) is 9.83. The normalized spacial score (nSPS) is 22.6. The second-order valence-electron chi connectivity index (χ2n) is 5.22. The molecule has 3 nitrogen and oxygen atoms in total. The Labute approximate surface area is 119 Å². The van der Waals surface area contributed by atoms with Gasteiger partial charge in [-0.15, -0.1) is 0 Å². The van der Waals surface area contributed by atoms with Crippen LogP contribution in [0.3, 0.4) is 0 Å². The first kappa shape index (κ1) is 13.3. The third-order valence-electron chi connectivity index (χ3n) is 3.73. The molecule has 20 heavy (non-hydrogen) atoms. The molecule has 1 aliphatic rings. The summed E-state index contributed by atoms with van der Waals surface area (Å²) in [6.45, 7) is 1.44. The molecule has 1 aromatic carbocycles. The number of aryl methyl sites for hydroxylation is 1. The molecule has 3 heteroatoms. The molecule has 3 rings (SSSR count). The van der Waals surface area contributed by atoms with Gasteiger partial charge in [0.1, 0.15) is 7.05 Å². The molecule has 2 heterocycles. The maximum Gasteiger partial charge on any atom is 0.188 e. The van der Waals surface area contributed by atoms with Crippen LogP contribution in [0.15, 0.2) is 54.7 Å². The Morgan fingerprint density at radius 3 is 2.40 bits per heavy atom. The lowest BCUT2D eigenvalue weighted by Crippen LogP contribution is -2.40. The second kappa shape index (κ2) is 6.16. The van der Waals surface area contributed by atoms with Crippen LogP contribution in [0.4, 0.5) is 0 Å². The summed E-state index contributed by atoms with van der Waals surface area (Å²) in [5.74, 6) is 0.313. The number of rotatable bonds is 3. The van der Waals surface area contributed by atoms with Crippen molar-refractivity contribution >= 4 is 0 Å². The summed E-state index contributed by atoms with van der Waals surface area (Å²) in [5, 5.41) is 0. The number of ether oxygens (including phenoxy) is 2. The van der Waals surface area contributed by atoms with Crippen molar-refractivity contribution in [2.45, 2.75) is 18.6 Å². The van der Waals surface area contributed by atoms with Crippen molar-refractivity contribution in [2.24, 2.45) is 7.05 Å². The highest BCUT2D eigenvalue weighted by Crippen LogP contribution is 2.21. The van der Waals surface area contributed by atoms with E-state index in [1.54, 1.807) is 0 Å². The van der Waals surface area contributed by atoms with E-state index in [9.17, 15) is 0 Å². The standard InChI is InChI=1S/C17H20NO2/c1-18-10-6-5-9-16(18)15-12-19-17(20-13-15)11-14-7-3-2-4-8-14/h2-10,15,17H,11-13H2,1H3/q+1. The average molecular weight is 270 g/mol. The van der Waals surface area contributed by atoms with E-state index >= 15 is 0 Å². The summed E-state index contributed by atoms with van der Waals surface area (Å²) in [5.41, 5.74) is 2.51. The van der Waals surface area contributed by atoms with Crippen molar-refractivity contribution in [3.63, 3.8) is 0 Å². The van der Waals surface area contributed by atoms with Gasteiger partial charge in [0.25, 0.3) is 0 Å². The Bertz CT molecular complexity index is 548. The van der Waals surface area contributed by atoms with Gasteiger partial charge in [0.2, 0.25) is 0 Å². The summed E-state index contributed by atoms with van der Waals surface area (Å²) in [6.07, 6.45) is 2.75. The number of benzene rings is 1. The van der Waals surface area contributed by atoms with Crippen molar-refractivity contribution in [2.75, 3.05) is 13.2 Å². The van der Waals surface area contributed by atoms with Gasteiger partial charge < -0.3 is 9.47 Å². The van der Waals surface area contributed by atoms with Gasteiger partial charge in [0, 0.05) is 18.6 Å². The fourth-order valence-electron chi connectivity index (χ4n) is 2.60. The molecule has 0 spiro atoms. The van der Waals surface area contributed by atoms with E-state index in [4.69, 9.17) is 9.47 Å². The molecule has 1 fully saturated rings. The number of pyridine rings is 1. The van der Waals surface area contributed by atoms with Gasteiger partial charge in [-0.05, 0) is 5.56 Å². The third kappa shape index (κ3) is 3.06. The Morgan fingerprint density at radius 2 is 1.70 bits per heavy atom. The molecule has 0 amide bonds. The minimum Gasteiger partial charge on any atom is -0.351 e. The molecule has 0 unspecified atom stereocenters. The van der Waals surface area contributed by atoms with Crippen LogP contribution < -0.4 is 4.57 Å². The van der Waals surface area contributed by atoms with Crippen LogP contribution in [0.25, 0.3) is 0 Å². The summed E-state index contributed by atoms with van der Waals surface area (Å²) in [4.78, 5) is 0. The fraction of sp³-hybridized carbons (Fsp3) is 0.353. The molecule has 104 valence electrons. The molecule has 1 saturated heterocycles. The lowest BCUT2D eigenvalue weighted by atomic mass is 10.1. The molecular formula is C17H20NO2+. The predicted molar refractivity (Wildman–Crippen MR) is 76.2 cm³/mol. The second-order valence-corrected chi connectivity index (χ2v) is 5.22. The molecule has 1 aliphatic heterocycles. The maximum atomic E-state index is 5.87. The zero-order chi connectivity index (χ0) is 13.8. The maximum absolute atomic E-state index is 5.87. The van der Waals surface area contributed by atoms with Crippen molar-refractivity contribution in [1.82, 2.24) is 0 Å². The molecule has 0 saturated carbocycles. The molecule has 0 atom stereocenters. The molecule has 0 N–H and O–H groups in total. The van der Waals surface area contributed by atoms with Crippen LogP contribution >= 0.6 is 0 Å². The average Bonchev–Trinajstić information content (AvgIpc) is 2.50. The van der Waals surface area contributed by atoms with Crippen LogP contribution in [-0.4, -0.2) is 19.5 Å². The van der Waals surface area contributed by atoms with E-state index < -0.39 is 0 Å². The minimum absolute atomic E-state index is 0.123. The molecule has 2 aromatic rings. The largest absolute Gasteiger partial charge is 0.351 e. The summed E-state index contributed by atoms with van der Waals surface area (Å²) >= 11 is 0. The number of hydrogen-bond donors (Lipinski definition) is 0. The number of nitrogens with zero attached hydrogens (tertiary/aromatic N) is 1. The highest BCUT2D eigenvalue weighted by molar-refractivity contribution is 5.15. The van der Waals surface area contributed by atoms with Gasteiger partial charge in [-0.1, -0.05) is 36.4 Å². The van der Waals surface area contributed by atoms with Crippen molar-refractivity contribution in [3.8, 4) is 0 Å². The summed E-state index contributed by atoms with van der Waals surface area (Å²) in [6, 6.07) is 16.6. The Hall–Kier alpha value is -1.71. The summed E-state index contributed by atoms with van der Waals surface area (Å²) in [7, 11) is 2.06. The zero-order valence-corrected chi connectivity index (χ0v) is 11.7. The first-order valence-corrected chi connectivity index (χ1v) is 7.04. The van der Waals surface area contributed by atoms with E-state index in [0.717, 1.165) is 19.6 Å². The molecule has 1 aromatic heterocycles. The topological polar surface area (TPSA) is 22.3 Å². The van der Waals surface area contributed by atoms with Crippen LogP contribution in [0.2, 0.25) is 0 Å². The van der Waals surface area contributed by atoms with Gasteiger partial charge >= 0.3 is 0 Å². The van der Waals surface area contributed by atoms with Gasteiger partial charge in [-0.3, -0.25) is 0 Å². The van der Waals surface area contributed by atoms with E-state index in [2.05, 4.69) is 42.1 Å². The van der Waals surface area contributed by atoms with Crippen molar-refractivity contribution in [3.05, 3.63) is 66.0 Å². The minimum atomic E-state index is -0.123. The number of aromatic nitrogens is 1. The molecule has 0 aliphatic carbocycles. The molecular weight excluding hydrogens is 250 g/mol. The lowest BCUT2D eigenvalue weighted by Gasteiger charge is -2.28. The van der Waals surface area contributed by atoms with Gasteiger partial charge in [-0.25, -0.2) is 4.57 Å². The third-order valence-corrected chi connectivity index (χ3v) is 3.73. The van der Waals surface area contributed by atoms with Crippen LogP contribution in [-0.2, 0) is 22.9 Å². The Morgan fingerprint density at radius 1 is 1.00 bits per heavy atom. The predicted octanol–water partition coefficient (Wildman–Crippen LogP) is 2.21. The smallest absolute Gasteiger partial charge is 0.188 e. The highest BCUT2D eigenvalue weighted by Gasteiger charge is 2.28. The summed E-state index contributed by atoms with van der Waals surface area (Å²) < 4.78 is 13.9. The Balaban J connectivity index is 1.59. The lowest BCUT2D eigenvalue weighted by molar-refractivity contribution is -0.681. The molecule has 0 bridgehead atoms. The fourth-order valence-corrected chi connectivity index (χ4v) is 2.60. The van der Waals surface area contributed by atoms with Gasteiger partial charge in [-0.2, -0.15) is 0 Å². The van der Waals surface area contributed by atoms with Crippen molar-refractivity contribution < 1.29 is 14.0 Å². The van der Waals surface area contributed by atoms with E-state index in [0.29, 0.717) is 5.92 Å². The zero-order valence-electron chi connectivity index (χ0n) is 11.7. The monoisotopic (exact) mass is 270 g/mol. The van der Waals surface area contributed by atoms with Crippen LogP contribution in [0.5, 0.6) is 0 Å². The molecule has 0 radical (unpaired) electrons. The van der Waals surface area contributed by atoms with E-state index in [1.165, 1.54) is 11.3 Å². The van der Waals surface area contributed by atoms with Crippen LogP contribution in [0.1, 0.15) is 17.2 Å². The highest BCUT2D eigenvalue weighted by atomic mass is 16.7. The first-order valence-electron chi connectivity index (χ1n) is 7.04. The van der Waals surface area contributed by atoms with Gasteiger partial charge in [0.15, 0.2) is 18.2 Å².